The summed E-state index contributed by atoms with van der Waals surface area (Å²) in [6, 6.07) is 0. The summed E-state index contributed by atoms with van der Waals surface area (Å²) in [7, 11) is -3.19. The highest BCUT2D eigenvalue weighted by Gasteiger charge is 2.57. The normalized spacial score (nSPS) is 37.4. The fourth-order valence-electron chi connectivity index (χ4n) is 7.26. The Balaban J connectivity index is 1.51. The third-order valence-corrected chi connectivity index (χ3v) is 12.9. The van der Waals surface area contributed by atoms with Crippen LogP contribution in [0.2, 0.25) is 0 Å². The molecule has 0 bridgehead atoms. The molecule has 5 unspecified atom stereocenters. The molecule has 1 N–H and O–H groups in total. The summed E-state index contributed by atoms with van der Waals surface area (Å²) >= 11 is 0. The van der Waals surface area contributed by atoms with Gasteiger partial charge in [-0.05, 0) is 114 Å². The number of hydrogen-bond donors (Lipinski definition) is 1. The Kier molecular flexibility index (Phi) is 6.92. The Hall–Kier alpha value is -1.13. The summed E-state index contributed by atoms with van der Waals surface area (Å²) < 4.78 is 25.0. The van der Waals surface area contributed by atoms with E-state index in [1.807, 2.05) is 20.8 Å². The van der Waals surface area contributed by atoms with Crippen LogP contribution in [0.5, 0.6) is 0 Å². The Labute approximate surface area is 208 Å². The first-order valence-electron chi connectivity index (χ1n) is 13.5. The van der Waals surface area contributed by atoms with Crippen LogP contribution < -0.4 is 0 Å². The van der Waals surface area contributed by atoms with Crippen LogP contribution in [-0.4, -0.2) is 29.1 Å². The van der Waals surface area contributed by atoms with Crippen LogP contribution >= 0.6 is 0 Å². The molecule has 4 aliphatic rings. The quantitative estimate of drug-likeness (QED) is 0.422. The second-order valence-electron chi connectivity index (χ2n) is 12.9. The summed E-state index contributed by atoms with van der Waals surface area (Å²) in [4.78, 5) is 0. The molecule has 0 aromatic rings. The third kappa shape index (κ3) is 4.54. The van der Waals surface area contributed by atoms with Crippen molar-refractivity contribution in [2.45, 2.75) is 114 Å². The van der Waals surface area contributed by atoms with Crippen LogP contribution in [0, 0.1) is 23.2 Å². The molecule has 0 aliphatic heterocycles. The molecule has 0 amide bonds. The first-order chi connectivity index (χ1) is 15.8. The van der Waals surface area contributed by atoms with E-state index in [0.29, 0.717) is 17.8 Å². The molecule has 190 valence electrons. The van der Waals surface area contributed by atoms with Crippen molar-refractivity contribution in [3.8, 4) is 0 Å². The number of aliphatic hydroxyl groups excluding tert-OH is 1. The van der Waals surface area contributed by atoms with Gasteiger partial charge in [0.25, 0.3) is 0 Å². The molecule has 4 aliphatic carbocycles. The molecule has 4 saturated carbocycles. The largest absolute Gasteiger partial charge is 0.393 e. The molecule has 0 saturated heterocycles. The van der Waals surface area contributed by atoms with E-state index in [1.54, 1.807) is 5.57 Å². The van der Waals surface area contributed by atoms with Crippen molar-refractivity contribution in [2.75, 3.05) is 0 Å². The molecule has 5 atom stereocenters. The second kappa shape index (κ2) is 9.07. The molecule has 4 rings (SSSR count). The first kappa shape index (κ1) is 25.9. The predicted octanol–water partition coefficient (Wildman–Crippen LogP) is 7.09. The van der Waals surface area contributed by atoms with Gasteiger partial charge in [0.2, 0.25) is 0 Å². The number of rotatable bonds is 5. The van der Waals surface area contributed by atoms with Gasteiger partial charge in [-0.3, -0.25) is 0 Å². The van der Waals surface area contributed by atoms with Gasteiger partial charge in [-0.15, -0.1) is 0 Å². The van der Waals surface area contributed by atoms with Crippen LogP contribution in [0.25, 0.3) is 0 Å². The summed E-state index contributed by atoms with van der Waals surface area (Å²) in [5.41, 5.74) is 4.25. The Morgan fingerprint density at radius 2 is 1.79 bits per heavy atom. The van der Waals surface area contributed by atoms with E-state index in [4.69, 9.17) is 0 Å². The lowest BCUT2D eigenvalue weighted by molar-refractivity contribution is 0.112. The number of fused-ring (bicyclic) bond motifs is 1. The first-order valence-corrected chi connectivity index (χ1v) is 15.0. The molecule has 0 heterocycles. The van der Waals surface area contributed by atoms with Crippen molar-refractivity contribution in [1.82, 2.24) is 0 Å². The van der Waals surface area contributed by atoms with E-state index in [1.165, 1.54) is 43.3 Å². The lowest BCUT2D eigenvalue weighted by Gasteiger charge is -2.44. The summed E-state index contributed by atoms with van der Waals surface area (Å²) in [5.74, 6) is 1.58. The van der Waals surface area contributed by atoms with E-state index in [2.05, 4.69) is 44.7 Å². The Morgan fingerprint density at radius 3 is 2.44 bits per heavy atom. The second-order valence-corrected chi connectivity index (χ2v) is 16.0. The predicted molar refractivity (Wildman–Crippen MR) is 142 cm³/mol. The average molecular weight is 487 g/mol. The average Bonchev–Trinajstić information content (AvgIpc) is 3.47. The molecule has 34 heavy (non-hydrogen) atoms. The number of hydrogen-bond acceptors (Lipinski definition) is 3. The molecule has 4 fully saturated rings. The monoisotopic (exact) mass is 486 g/mol. The van der Waals surface area contributed by atoms with E-state index < -0.39 is 19.3 Å². The maximum absolute atomic E-state index is 13.2. The highest BCUT2D eigenvalue weighted by atomic mass is 32.2. The zero-order chi connectivity index (χ0) is 24.9. The number of aliphatic hydroxyl groups is 1. The maximum Gasteiger partial charge on any atom is 0.164 e. The van der Waals surface area contributed by atoms with Gasteiger partial charge in [-0.1, -0.05) is 55.9 Å². The van der Waals surface area contributed by atoms with Gasteiger partial charge in [0.1, 0.15) is 0 Å². The minimum Gasteiger partial charge on any atom is -0.393 e. The van der Waals surface area contributed by atoms with E-state index in [9.17, 15) is 13.5 Å². The molecule has 0 spiro atoms. The summed E-state index contributed by atoms with van der Waals surface area (Å²) in [6.07, 6.45) is 18.8. The van der Waals surface area contributed by atoms with Crippen LogP contribution in [0.15, 0.2) is 47.6 Å². The van der Waals surface area contributed by atoms with Crippen molar-refractivity contribution < 1.29 is 13.5 Å². The van der Waals surface area contributed by atoms with Crippen molar-refractivity contribution in [2.24, 2.45) is 23.2 Å². The zero-order valence-corrected chi connectivity index (χ0v) is 22.9. The fraction of sp³-hybridized carbons (Fsp3) is 0.733. The molecule has 3 nitrogen and oxygen atoms in total. The molecular formula is C30H46O3S. The smallest absolute Gasteiger partial charge is 0.164 e. The van der Waals surface area contributed by atoms with Crippen molar-refractivity contribution in [3.63, 3.8) is 0 Å². The van der Waals surface area contributed by atoms with Gasteiger partial charge in [0.15, 0.2) is 9.84 Å². The summed E-state index contributed by atoms with van der Waals surface area (Å²) in [5, 5.41) is 10.1. The maximum atomic E-state index is 13.2. The van der Waals surface area contributed by atoms with Crippen molar-refractivity contribution in [3.05, 3.63) is 47.6 Å². The number of sulfone groups is 1. The molecule has 0 aromatic carbocycles. The van der Waals surface area contributed by atoms with Gasteiger partial charge in [0.05, 0.1) is 15.6 Å². The molecule has 0 radical (unpaired) electrons. The summed E-state index contributed by atoms with van der Waals surface area (Å²) in [6.45, 7) is 14.5. The lowest BCUT2D eigenvalue weighted by atomic mass is 9.61. The molecule has 0 aromatic heterocycles. The van der Waals surface area contributed by atoms with E-state index in [0.717, 1.165) is 32.1 Å². The lowest BCUT2D eigenvalue weighted by Crippen LogP contribution is -2.38. The van der Waals surface area contributed by atoms with Crippen LogP contribution in [0.3, 0.4) is 0 Å². The van der Waals surface area contributed by atoms with Crippen LogP contribution in [-0.2, 0) is 9.84 Å². The van der Waals surface area contributed by atoms with Gasteiger partial charge in [-0.25, -0.2) is 8.42 Å². The molecule has 4 heteroatoms. The Bertz CT molecular complexity index is 1000. The topological polar surface area (TPSA) is 54.4 Å². The van der Waals surface area contributed by atoms with Gasteiger partial charge >= 0.3 is 0 Å². The van der Waals surface area contributed by atoms with E-state index >= 15 is 0 Å². The minimum absolute atomic E-state index is 0.230. The highest BCUT2D eigenvalue weighted by molar-refractivity contribution is 7.94. The van der Waals surface area contributed by atoms with Gasteiger partial charge < -0.3 is 5.11 Å². The van der Waals surface area contributed by atoms with E-state index in [-0.39, 0.29) is 11.5 Å². The van der Waals surface area contributed by atoms with Crippen LogP contribution in [0.4, 0.5) is 0 Å². The third-order valence-electron chi connectivity index (χ3n) is 9.65. The SMILES string of the molecule is C=C1CCC(O)C/C1=C/C=C1\CCCC2(C)C1CCC2C(C)/C=C/C1(S(=O)(=O)C(C)(C)C)CC1. The number of allylic oxidation sites excluding steroid dienone is 5. The standard InChI is InChI=1S/C30H46O3S/c1-21-9-12-25(31)20-24(21)11-10-23-8-7-16-29(6)26(13-14-27(23)29)22(2)15-17-30(18-19-30)34(32,33)28(3,4)5/h10-11,15,17,22,25-27,31H,1,7-9,12-14,16,18-20H2,2-6H3/b17-15+,23-10+,24-11-. The fourth-order valence-corrected chi connectivity index (χ4v) is 9.37. The van der Waals surface area contributed by atoms with Gasteiger partial charge in [0, 0.05) is 0 Å². The molecular weight excluding hydrogens is 440 g/mol. The minimum atomic E-state index is -3.19. The highest BCUT2D eigenvalue weighted by Crippen LogP contribution is 2.60. The van der Waals surface area contributed by atoms with Crippen LogP contribution in [0.1, 0.15) is 98.8 Å². The van der Waals surface area contributed by atoms with Crippen molar-refractivity contribution >= 4 is 9.84 Å². The zero-order valence-electron chi connectivity index (χ0n) is 22.1. The Morgan fingerprint density at radius 1 is 1.09 bits per heavy atom. The van der Waals surface area contributed by atoms with Gasteiger partial charge in [-0.2, -0.15) is 0 Å². The van der Waals surface area contributed by atoms with Crippen molar-refractivity contribution in [1.29, 1.82) is 0 Å².